The van der Waals surface area contributed by atoms with E-state index in [9.17, 15) is 4.21 Å². The SMILES string of the molecule is COc1ccc(CNc2cc(C=NS(=O)C(C)(C)C)c(-c3ccccc3)nn2)cc1. The summed E-state index contributed by atoms with van der Waals surface area (Å²) in [6.45, 7) is 6.27. The zero-order valence-electron chi connectivity index (χ0n) is 17.6. The summed E-state index contributed by atoms with van der Waals surface area (Å²) in [6, 6.07) is 19.5. The molecule has 7 heteroatoms. The van der Waals surface area contributed by atoms with Crippen molar-refractivity contribution in [2.75, 3.05) is 12.4 Å². The Balaban J connectivity index is 1.86. The quantitative estimate of drug-likeness (QED) is 0.561. The lowest BCUT2D eigenvalue weighted by molar-refractivity contribution is 0.414. The van der Waals surface area contributed by atoms with E-state index in [1.54, 1.807) is 13.3 Å². The Morgan fingerprint density at radius 2 is 1.77 bits per heavy atom. The van der Waals surface area contributed by atoms with E-state index in [1.807, 2.05) is 81.4 Å². The zero-order valence-corrected chi connectivity index (χ0v) is 18.4. The molecule has 1 atom stereocenters. The number of hydrogen-bond donors (Lipinski definition) is 1. The number of rotatable bonds is 7. The van der Waals surface area contributed by atoms with Crippen LogP contribution in [-0.4, -0.2) is 32.5 Å². The van der Waals surface area contributed by atoms with Gasteiger partial charge in [0.05, 0.1) is 11.9 Å². The van der Waals surface area contributed by atoms with Crippen molar-refractivity contribution in [3.05, 3.63) is 71.8 Å². The first-order chi connectivity index (χ1) is 14.4. The highest BCUT2D eigenvalue weighted by Crippen LogP contribution is 2.22. The van der Waals surface area contributed by atoms with E-state index >= 15 is 0 Å². The monoisotopic (exact) mass is 422 g/mol. The molecule has 0 fully saturated rings. The number of ether oxygens (including phenoxy) is 1. The molecule has 6 nitrogen and oxygen atoms in total. The number of aromatic nitrogens is 2. The highest BCUT2D eigenvalue weighted by atomic mass is 32.2. The van der Waals surface area contributed by atoms with Crippen molar-refractivity contribution in [2.24, 2.45) is 4.40 Å². The van der Waals surface area contributed by atoms with Crippen molar-refractivity contribution in [1.82, 2.24) is 10.2 Å². The number of hydrogen-bond acceptors (Lipinski definition) is 5. The average Bonchev–Trinajstić information content (AvgIpc) is 2.76. The van der Waals surface area contributed by atoms with Crippen LogP contribution < -0.4 is 10.1 Å². The van der Waals surface area contributed by atoms with Crippen LogP contribution in [0.1, 0.15) is 31.9 Å². The van der Waals surface area contributed by atoms with Gasteiger partial charge in [-0.25, -0.2) is 4.21 Å². The summed E-state index contributed by atoms with van der Waals surface area (Å²) in [5.41, 5.74) is 3.47. The van der Waals surface area contributed by atoms with Gasteiger partial charge in [-0.3, -0.25) is 0 Å². The molecule has 1 N–H and O–H groups in total. The zero-order chi connectivity index (χ0) is 21.6. The molecule has 0 aliphatic heterocycles. The first-order valence-electron chi connectivity index (χ1n) is 9.63. The van der Waals surface area contributed by atoms with Crippen LogP contribution in [0.3, 0.4) is 0 Å². The van der Waals surface area contributed by atoms with Crippen molar-refractivity contribution in [2.45, 2.75) is 32.1 Å². The van der Waals surface area contributed by atoms with Gasteiger partial charge >= 0.3 is 0 Å². The van der Waals surface area contributed by atoms with Crippen LogP contribution in [0.15, 0.2) is 65.1 Å². The molecule has 0 saturated carbocycles. The number of nitrogens with one attached hydrogen (secondary N) is 1. The number of anilines is 1. The van der Waals surface area contributed by atoms with Gasteiger partial charge in [0.2, 0.25) is 0 Å². The van der Waals surface area contributed by atoms with Crippen LogP contribution in [0, 0.1) is 0 Å². The second-order valence-corrected chi connectivity index (χ2v) is 9.63. The van der Waals surface area contributed by atoms with Crippen LogP contribution >= 0.6 is 0 Å². The Morgan fingerprint density at radius 3 is 2.40 bits per heavy atom. The first-order valence-corrected chi connectivity index (χ1v) is 10.7. The molecule has 0 aliphatic carbocycles. The Labute approximate surface area is 180 Å². The molecule has 0 aliphatic rings. The van der Waals surface area contributed by atoms with E-state index in [-0.39, 0.29) is 0 Å². The lowest BCUT2D eigenvalue weighted by Crippen LogP contribution is -2.19. The fourth-order valence-electron chi connectivity index (χ4n) is 2.61. The normalized spacial score (nSPS) is 12.7. The lowest BCUT2D eigenvalue weighted by Gasteiger charge is -2.13. The topological polar surface area (TPSA) is 76.5 Å². The number of benzene rings is 2. The summed E-state index contributed by atoms with van der Waals surface area (Å²) in [5, 5.41) is 12.0. The molecular formula is C23H26N4O2S. The van der Waals surface area contributed by atoms with E-state index in [0.717, 1.165) is 22.4 Å². The Bertz CT molecular complexity index is 1030. The molecule has 0 amide bonds. The Hall–Kier alpha value is -3.06. The molecular weight excluding hydrogens is 396 g/mol. The van der Waals surface area contributed by atoms with Gasteiger partial charge < -0.3 is 10.1 Å². The maximum Gasteiger partial charge on any atom is 0.149 e. The molecule has 0 spiro atoms. The lowest BCUT2D eigenvalue weighted by atomic mass is 10.1. The smallest absolute Gasteiger partial charge is 0.149 e. The highest BCUT2D eigenvalue weighted by Gasteiger charge is 2.18. The molecule has 3 rings (SSSR count). The van der Waals surface area contributed by atoms with Crippen molar-refractivity contribution >= 4 is 23.0 Å². The minimum Gasteiger partial charge on any atom is -0.497 e. The Morgan fingerprint density at radius 1 is 1.07 bits per heavy atom. The molecule has 1 heterocycles. The number of methoxy groups -OCH3 is 1. The van der Waals surface area contributed by atoms with Crippen LogP contribution in [0.2, 0.25) is 0 Å². The fraction of sp³-hybridized carbons (Fsp3) is 0.261. The molecule has 156 valence electrons. The van der Waals surface area contributed by atoms with Crippen LogP contribution in [0.25, 0.3) is 11.3 Å². The van der Waals surface area contributed by atoms with E-state index in [1.165, 1.54) is 0 Å². The highest BCUT2D eigenvalue weighted by molar-refractivity contribution is 7.85. The van der Waals surface area contributed by atoms with Gasteiger partial charge in [-0.1, -0.05) is 42.5 Å². The van der Waals surface area contributed by atoms with E-state index < -0.39 is 15.7 Å². The molecule has 1 aromatic heterocycles. The minimum absolute atomic E-state index is 0.431. The summed E-state index contributed by atoms with van der Waals surface area (Å²) in [4.78, 5) is 0. The molecule has 0 bridgehead atoms. The van der Waals surface area contributed by atoms with Crippen molar-refractivity contribution in [3.8, 4) is 17.0 Å². The van der Waals surface area contributed by atoms with Crippen molar-refractivity contribution < 1.29 is 8.95 Å². The molecule has 1 unspecified atom stereocenters. The second kappa shape index (κ2) is 9.63. The van der Waals surface area contributed by atoms with Crippen molar-refractivity contribution in [3.63, 3.8) is 0 Å². The summed E-state index contributed by atoms with van der Waals surface area (Å²) in [5.74, 6) is 1.43. The second-order valence-electron chi connectivity index (χ2n) is 7.70. The van der Waals surface area contributed by atoms with Crippen LogP contribution in [-0.2, 0) is 17.5 Å². The Kier molecular flexibility index (Phi) is 6.95. The molecule has 0 saturated heterocycles. The minimum atomic E-state index is -1.36. The summed E-state index contributed by atoms with van der Waals surface area (Å²) >= 11 is 0. The van der Waals surface area contributed by atoms with E-state index in [4.69, 9.17) is 4.74 Å². The molecule has 30 heavy (non-hydrogen) atoms. The third kappa shape index (κ3) is 5.73. The standard InChI is InChI=1S/C23H26N4O2S/c1-23(2,3)30(28)25-16-19-14-21(24-15-17-10-12-20(29-4)13-11-17)26-27-22(19)18-8-6-5-7-9-18/h5-14,16H,15H2,1-4H3,(H,24,26). The van der Waals surface area contributed by atoms with E-state index in [0.29, 0.717) is 18.1 Å². The third-order valence-corrected chi connectivity index (χ3v) is 5.66. The molecule has 2 aromatic carbocycles. The van der Waals surface area contributed by atoms with Crippen LogP contribution in [0.4, 0.5) is 5.82 Å². The van der Waals surface area contributed by atoms with Gasteiger partial charge in [0, 0.05) is 23.9 Å². The fourth-order valence-corrected chi connectivity index (χ4v) is 3.14. The summed E-state index contributed by atoms with van der Waals surface area (Å²) in [6.07, 6.45) is 1.62. The van der Waals surface area contributed by atoms with Gasteiger partial charge in [-0.15, -0.1) is 10.2 Å². The maximum absolute atomic E-state index is 12.4. The first kappa shape index (κ1) is 21.6. The van der Waals surface area contributed by atoms with E-state index in [2.05, 4.69) is 19.9 Å². The largest absolute Gasteiger partial charge is 0.497 e. The third-order valence-electron chi connectivity index (χ3n) is 4.31. The predicted octanol–water partition coefficient (Wildman–Crippen LogP) is 4.65. The van der Waals surface area contributed by atoms with Gasteiger partial charge in [-0.2, -0.15) is 4.40 Å². The summed E-state index contributed by atoms with van der Waals surface area (Å²) < 4.78 is 21.4. The summed E-state index contributed by atoms with van der Waals surface area (Å²) in [7, 11) is 0.289. The van der Waals surface area contributed by atoms with Crippen molar-refractivity contribution in [1.29, 1.82) is 0 Å². The molecule has 0 radical (unpaired) electrons. The van der Waals surface area contributed by atoms with Gasteiger partial charge in [0.1, 0.15) is 28.2 Å². The van der Waals surface area contributed by atoms with Gasteiger partial charge in [0.15, 0.2) is 0 Å². The number of nitrogens with zero attached hydrogens (tertiary/aromatic N) is 3. The maximum atomic E-state index is 12.4. The average molecular weight is 423 g/mol. The van der Waals surface area contributed by atoms with Gasteiger partial charge in [-0.05, 0) is 44.5 Å². The predicted molar refractivity (Wildman–Crippen MR) is 123 cm³/mol. The van der Waals surface area contributed by atoms with Crippen LogP contribution in [0.5, 0.6) is 5.75 Å². The molecule has 3 aromatic rings. The van der Waals surface area contributed by atoms with Gasteiger partial charge in [0.25, 0.3) is 0 Å².